The van der Waals surface area contributed by atoms with Gasteiger partial charge in [0, 0.05) is 83.0 Å². The lowest BCUT2D eigenvalue weighted by Crippen LogP contribution is -2.41. The number of benzene rings is 2. The average Bonchev–Trinajstić information content (AvgIpc) is 4.35. The van der Waals surface area contributed by atoms with Crippen molar-refractivity contribution in [2.75, 3.05) is 65.5 Å². The highest BCUT2D eigenvalue weighted by atomic mass is 79.9. The van der Waals surface area contributed by atoms with Gasteiger partial charge >= 0.3 is 19.3 Å². The minimum atomic E-state index is -0.806. The number of rotatable bonds is 8. The first-order chi connectivity index (χ1) is 37.2. The molecule has 2 aromatic carbocycles. The molecule has 6 aliphatic heterocycles. The van der Waals surface area contributed by atoms with Gasteiger partial charge in [0.2, 0.25) is 17.7 Å². The topological polar surface area (TPSA) is 226 Å². The van der Waals surface area contributed by atoms with Crippen molar-refractivity contribution in [2.24, 2.45) is 0 Å². The predicted octanol–water partition coefficient (Wildman–Crippen LogP) is 8.25. The van der Waals surface area contributed by atoms with Gasteiger partial charge < -0.3 is 34.3 Å². The van der Waals surface area contributed by atoms with Gasteiger partial charge in [0.25, 0.3) is 0 Å². The molecule has 6 fully saturated rings. The largest absolute Gasteiger partial charge is 0.497 e. The molecule has 25 heteroatoms. The summed E-state index contributed by atoms with van der Waals surface area (Å²) in [7, 11) is -0.806. The minimum Gasteiger partial charge on any atom is -0.441 e. The summed E-state index contributed by atoms with van der Waals surface area (Å²) in [6, 6.07) is 19.8. The van der Waals surface area contributed by atoms with E-state index in [1.807, 2.05) is 52.0 Å². The lowest BCUT2D eigenvalue weighted by molar-refractivity contribution is -0.119. The van der Waals surface area contributed by atoms with Gasteiger partial charge in [0.05, 0.1) is 48.9 Å². The van der Waals surface area contributed by atoms with Gasteiger partial charge in [-0.2, -0.15) is 0 Å². The first-order valence-corrected chi connectivity index (χ1v) is 27.4. The van der Waals surface area contributed by atoms with Crippen LogP contribution in [0.1, 0.15) is 66.2 Å². The Kier molecular flexibility index (Phi) is 20.5. The van der Waals surface area contributed by atoms with Crippen LogP contribution in [0.3, 0.4) is 0 Å². The van der Waals surface area contributed by atoms with Crippen LogP contribution in [0.15, 0.2) is 105 Å². The van der Waals surface area contributed by atoms with E-state index in [1.54, 1.807) is 58.6 Å². The van der Waals surface area contributed by atoms with Gasteiger partial charge in [-0.3, -0.25) is 34.0 Å². The number of carbonyl (C=O) groups excluding carboxylic acids is 5. The maximum absolute atomic E-state index is 14.6. The average molecular weight is 1270 g/mol. The van der Waals surface area contributed by atoms with Crippen molar-refractivity contribution in [2.45, 2.75) is 89.6 Å². The molecule has 6 saturated heterocycles. The number of anilines is 4. The number of halogens is 5. The Bertz CT molecular complexity index is 2890. The molecule has 0 aliphatic carbocycles. The molecule has 5 aromatic rings. The third kappa shape index (κ3) is 15.2. The number of carbonyl (C=O) groups is 5. The summed E-state index contributed by atoms with van der Waals surface area (Å²) in [5.41, 5.74) is 0.816. The molecule has 0 radical (unpaired) electrons. The number of hydrogen-bond donors (Lipinski definition) is 3. The van der Waals surface area contributed by atoms with Crippen LogP contribution in [0.2, 0.25) is 0 Å². The van der Waals surface area contributed by atoms with E-state index >= 15 is 0 Å². The van der Waals surface area contributed by atoms with Crippen molar-refractivity contribution in [1.29, 1.82) is 0 Å². The van der Waals surface area contributed by atoms with Crippen molar-refractivity contribution >= 4 is 113 Å². The second kappa shape index (κ2) is 26.8. The fourth-order valence-corrected chi connectivity index (χ4v) is 9.05. The Morgan fingerprint density at radius 2 is 1.14 bits per heavy atom. The molecule has 78 heavy (non-hydrogen) atoms. The van der Waals surface area contributed by atoms with Crippen LogP contribution in [-0.2, 0) is 33.2 Å². The normalized spacial score (nSPS) is 19.9. The summed E-state index contributed by atoms with van der Waals surface area (Å²) < 4.78 is 53.7. The van der Waals surface area contributed by atoms with Crippen LogP contribution < -0.4 is 30.4 Å². The third-order valence-electron chi connectivity index (χ3n) is 13.3. The molecule has 6 aliphatic rings. The van der Waals surface area contributed by atoms with Crippen LogP contribution in [0.25, 0.3) is 11.1 Å². The first kappa shape index (κ1) is 59.7. The SMILES string of the molecule is Brc1ccc(Br)nc1.CC1(C)OB(c2ccc(N3C[C@H](CO)OC3=O)cc2F)OC1(C)C.O=C1CCCN1.O=C1CCCN1c1ccc(Br)cn1.O=C1O[C@@H](CO)CN1c1ccc(-c2ccc(N3CCCC3=O)nc2)c(F)c1. The predicted molar refractivity (Wildman–Crippen MR) is 298 cm³/mol. The number of nitrogens with zero attached hydrogens (tertiary/aromatic N) is 7. The van der Waals surface area contributed by atoms with E-state index in [2.05, 4.69) is 68.1 Å². The van der Waals surface area contributed by atoms with Gasteiger partial charge in [-0.1, -0.05) is 6.07 Å². The number of aliphatic hydroxyl groups excluding tert-OH is 2. The van der Waals surface area contributed by atoms with Gasteiger partial charge in [-0.15, -0.1) is 0 Å². The molecular formula is C53H58BBr3F2N8O11. The van der Waals surface area contributed by atoms with Crippen LogP contribution >= 0.6 is 47.8 Å². The van der Waals surface area contributed by atoms with Crippen molar-refractivity contribution in [1.82, 2.24) is 20.3 Å². The van der Waals surface area contributed by atoms with E-state index < -0.39 is 54.3 Å². The number of hydrogen-bond acceptors (Lipinski definition) is 14. The first-order valence-electron chi connectivity index (χ1n) is 25.0. The number of ether oxygens (including phenoxy) is 2. The van der Waals surface area contributed by atoms with Crippen LogP contribution in [-0.4, -0.2) is 132 Å². The van der Waals surface area contributed by atoms with Crippen molar-refractivity contribution in [3.05, 3.63) is 117 Å². The minimum absolute atomic E-state index is 0.0458. The molecule has 9 heterocycles. The van der Waals surface area contributed by atoms with E-state index in [-0.39, 0.29) is 49.5 Å². The molecule has 0 bridgehead atoms. The highest BCUT2D eigenvalue weighted by molar-refractivity contribution is 9.11. The molecule has 19 nitrogen and oxygen atoms in total. The lowest BCUT2D eigenvalue weighted by Gasteiger charge is -2.32. The van der Waals surface area contributed by atoms with E-state index in [1.165, 1.54) is 28.1 Å². The molecule has 5 amide bonds. The molecule has 11 rings (SSSR count). The zero-order valence-corrected chi connectivity index (χ0v) is 47.9. The number of amides is 5. The maximum atomic E-state index is 14.6. The Morgan fingerprint density at radius 3 is 1.51 bits per heavy atom. The van der Waals surface area contributed by atoms with E-state index in [0.717, 1.165) is 58.1 Å². The standard InChI is InChI=1S/C19H18FN3O4.C16H21BFNO5.C9H9BrN2O.C5H3Br2N.C4H7NO/c20-16-8-13(23-10-14(11-24)27-19(23)26)4-5-15(16)12-3-6-17(21-9-12)22-7-1-2-18(22)25;1-15(2)16(3,4)24-17(23-15)12-6-5-10(7-13(12)18)19-8-11(9-20)22-14(19)21;10-7-3-4-8(11-6-7)12-5-1-2-9(12)13;6-4-1-2-5(7)8-3-4;6-4-2-1-3-5-4/h3-6,8-9,14,24H,1-2,7,10-11H2;5-7,11,20H,8-9H2,1-4H3;3-4,6H,1-2,5H2;1-3H;1-3H2,(H,5,6)/t14-;11-;;;/m11.../s1. The smallest absolute Gasteiger partial charge is 0.441 e. The summed E-state index contributed by atoms with van der Waals surface area (Å²) in [6.45, 7) is 9.74. The Labute approximate surface area is 475 Å². The Morgan fingerprint density at radius 1 is 0.628 bits per heavy atom. The van der Waals surface area contributed by atoms with Crippen molar-refractivity contribution in [3.63, 3.8) is 0 Å². The third-order valence-corrected chi connectivity index (χ3v) is 14.7. The van der Waals surface area contributed by atoms with Gasteiger partial charge in [-0.25, -0.2) is 33.3 Å². The summed E-state index contributed by atoms with van der Waals surface area (Å²) in [6.07, 6.45) is 7.26. The number of aliphatic hydroxyl groups is 2. The molecule has 3 aromatic heterocycles. The highest BCUT2D eigenvalue weighted by Gasteiger charge is 2.52. The summed E-state index contributed by atoms with van der Waals surface area (Å²) in [5.74, 6) is 0.721. The number of nitrogens with one attached hydrogen (secondary N) is 1. The van der Waals surface area contributed by atoms with Gasteiger partial charge in [0.15, 0.2) is 0 Å². The maximum Gasteiger partial charge on any atom is 0.497 e. The summed E-state index contributed by atoms with van der Waals surface area (Å²) in [5, 5.41) is 20.9. The van der Waals surface area contributed by atoms with E-state index in [4.69, 9.17) is 29.0 Å². The Balaban J connectivity index is 0.000000156. The fourth-order valence-electron chi connectivity index (χ4n) is 8.34. The van der Waals surface area contributed by atoms with Crippen LogP contribution in [0.4, 0.5) is 41.4 Å². The monoisotopic (exact) mass is 1270 g/mol. The molecule has 3 N–H and O–H groups in total. The van der Waals surface area contributed by atoms with E-state index in [9.17, 15) is 32.8 Å². The quantitative estimate of drug-likeness (QED) is 0.0983. The molecule has 0 saturated carbocycles. The van der Waals surface area contributed by atoms with Crippen LogP contribution in [0, 0.1) is 11.6 Å². The van der Waals surface area contributed by atoms with Gasteiger partial charge in [0.1, 0.15) is 40.1 Å². The second-order valence-electron chi connectivity index (χ2n) is 19.3. The zero-order valence-electron chi connectivity index (χ0n) is 43.2. The summed E-state index contributed by atoms with van der Waals surface area (Å²) >= 11 is 9.78. The fraction of sp³-hybridized carbons (Fsp3) is 0.396. The molecule has 0 unspecified atom stereocenters. The molecule has 414 valence electrons. The zero-order chi connectivity index (χ0) is 56.3. The molecular weight excluding hydrogens is 1210 g/mol. The summed E-state index contributed by atoms with van der Waals surface area (Å²) in [4.78, 5) is 75.2. The number of cyclic esters (lactones) is 2. The second-order valence-corrected chi connectivity index (χ2v) is 22.0. The molecule has 0 spiro atoms. The molecule has 2 atom stereocenters. The number of pyridine rings is 3. The highest BCUT2D eigenvalue weighted by Crippen LogP contribution is 2.37. The van der Waals surface area contributed by atoms with Crippen LogP contribution in [0.5, 0.6) is 0 Å². The van der Waals surface area contributed by atoms with Gasteiger partial charge in [-0.05, 0) is 161 Å². The van der Waals surface area contributed by atoms with Crippen molar-refractivity contribution < 1.29 is 61.7 Å². The lowest BCUT2D eigenvalue weighted by atomic mass is 9.78. The van der Waals surface area contributed by atoms with E-state index in [0.29, 0.717) is 47.7 Å². The number of aromatic nitrogens is 3. The van der Waals surface area contributed by atoms with Crippen molar-refractivity contribution in [3.8, 4) is 11.1 Å². The Hall–Kier alpha value is -5.96.